The zero-order valence-corrected chi connectivity index (χ0v) is 10.1. The molecule has 1 aromatic rings. The van der Waals surface area contributed by atoms with Crippen LogP contribution < -0.4 is 10.5 Å². The molecule has 0 aromatic heterocycles. The molecule has 0 saturated carbocycles. The summed E-state index contributed by atoms with van der Waals surface area (Å²) in [5.74, 6) is 0.838. The Labute approximate surface area is 97.2 Å². The molecule has 0 bridgehead atoms. The summed E-state index contributed by atoms with van der Waals surface area (Å²) in [5, 5.41) is 8.89. The average Bonchev–Trinajstić information content (AvgIpc) is 2.30. The Morgan fingerprint density at radius 2 is 1.88 bits per heavy atom. The van der Waals surface area contributed by atoms with Crippen LogP contribution in [-0.2, 0) is 6.61 Å². The van der Waals surface area contributed by atoms with E-state index in [1.807, 2.05) is 24.3 Å². The van der Waals surface area contributed by atoms with Gasteiger partial charge >= 0.3 is 0 Å². The maximum absolute atomic E-state index is 8.89. The third-order valence-electron chi connectivity index (χ3n) is 2.71. The maximum atomic E-state index is 8.89. The van der Waals surface area contributed by atoms with Crippen molar-refractivity contribution < 1.29 is 9.84 Å². The quantitative estimate of drug-likeness (QED) is 0.774. The van der Waals surface area contributed by atoms with Crippen molar-refractivity contribution >= 4 is 0 Å². The molecule has 0 unspecified atom stereocenters. The number of benzene rings is 1. The van der Waals surface area contributed by atoms with Crippen molar-refractivity contribution in [2.75, 3.05) is 13.2 Å². The molecule has 0 heterocycles. The number of hydrogen-bond donors (Lipinski definition) is 2. The second kappa shape index (κ2) is 5.87. The molecule has 3 heteroatoms. The Kier molecular flexibility index (Phi) is 4.77. The predicted molar refractivity (Wildman–Crippen MR) is 65.3 cm³/mol. The first-order valence-corrected chi connectivity index (χ1v) is 5.60. The minimum absolute atomic E-state index is 0.0699. The Hall–Kier alpha value is -1.06. The SMILES string of the molecule is CC(C)(CN)CCOc1ccc(CO)cc1. The first-order valence-electron chi connectivity index (χ1n) is 5.60. The second-order valence-corrected chi connectivity index (χ2v) is 4.77. The number of aliphatic hydroxyl groups is 1. The van der Waals surface area contributed by atoms with E-state index in [0.29, 0.717) is 13.2 Å². The van der Waals surface area contributed by atoms with Crippen LogP contribution in [-0.4, -0.2) is 18.3 Å². The van der Waals surface area contributed by atoms with Gasteiger partial charge in [0.1, 0.15) is 5.75 Å². The summed E-state index contributed by atoms with van der Waals surface area (Å²) in [6.07, 6.45) is 0.936. The standard InChI is InChI=1S/C13H21NO2/c1-13(2,10-14)7-8-16-12-5-3-11(9-15)4-6-12/h3-6,15H,7-10,14H2,1-2H3. The number of ether oxygens (including phenoxy) is 1. The normalized spacial score (nSPS) is 11.5. The number of rotatable bonds is 6. The van der Waals surface area contributed by atoms with Gasteiger partial charge in [0.25, 0.3) is 0 Å². The Morgan fingerprint density at radius 1 is 1.25 bits per heavy atom. The van der Waals surface area contributed by atoms with Gasteiger partial charge in [0, 0.05) is 0 Å². The molecule has 0 radical (unpaired) electrons. The van der Waals surface area contributed by atoms with Crippen molar-refractivity contribution in [1.82, 2.24) is 0 Å². The van der Waals surface area contributed by atoms with Crippen LogP contribution in [0.2, 0.25) is 0 Å². The van der Waals surface area contributed by atoms with Crippen molar-refractivity contribution in [3.05, 3.63) is 29.8 Å². The highest BCUT2D eigenvalue weighted by molar-refractivity contribution is 5.26. The summed E-state index contributed by atoms with van der Waals surface area (Å²) in [6.45, 7) is 5.67. The molecule has 0 aliphatic heterocycles. The molecule has 90 valence electrons. The number of nitrogens with two attached hydrogens (primary N) is 1. The minimum atomic E-state index is 0.0699. The van der Waals surface area contributed by atoms with Gasteiger partial charge in [-0.1, -0.05) is 26.0 Å². The van der Waals surface area contributed by atoms with E-state index in [4.69, 9.17) is 15.6 Å². The third-order valence-corrected chi connectivity index (χ3v) is 2.71. The summed E-state index contributed by atoms with van der Waals surface area (Å²) in [4.78, 5) is 0. The summed E-state index contributed by atoms with van der Waals surface area (Å²) in [5.41, 5.74) is 6.67. The van der Waals surface area contributed by atoms with Crippen LogP contribution in [0.5, 0.6) is 5.75 Å². The highest BCUT2D eigenvalue weighted by Crippen LogP contribution is 2.19. The molecule has 0 fully saturated rings. The van der Waals surface area contributed by atoms with Crippen LogP contribution in [0.15, 0.2) is 24.3 Å². The molecule has 1 rings (SSSR count). The van der Waals surface area contributed by atoms with Gasteiger partial charge in [-0.3, -0.25) is 0 Å². The van der Waals surface area contributed by atoms with Crippen molar-refractivity contribution in [3.8, 4) is 5.75 Å². The van der Waals surface area contributed by atoms with Gasteiger partial charge in [-0.25, -0.2) is 0 Å². The van der Waals surface area contributed by atoms with E-state index in [9.17, 15) is 0 Å². The summed E-state index contributed by atoms with van der Waals surface area (Å²) in [7, 11) is 0. The summed E-state index contributed by atoms with van der Waals surface area (Å²) in [6, 6.07) is 7.48. The average molecular weight is 223 g/mol. The molecular formula is C13H21NO2. The largest absolute Gasteiger partial charge is 0.494 e. The molecular weight excluding hydrogens is 202 g/mol. The zero-order valence-electron chi connectivity index (χ0n) is 10.1. The van der Waals surface area contributed by atoms with Crippen LogP contribution in [0.25, 0.3) is 0 Å². The van der Waals surface area contributed by atoms with E-state index >= 15 is 0 Å². The van der Waals surface area contributed by atoms with Crippen LogP contribution in [0.1, 0.15) is 25.8 Å². The van der Waals surface area contributed by atoms with E-state index < -0.39 is 0 Å². The fourth-order valence-corrected chi connectivity index (χ4v) is 1.24. The van der Waals surface area contributed by atoms with Crippen LogP contribution >= 0.6 is 0 Å². The van der Waals surface area contributed by atoms with E-state index in [1.54, 1.807) is 0 Å². The zero-order chi connectivity index (χ0) is 12.0. The lowest BCUT2D eigenvalue weighted by Crippen LogP contribution is -2.25. The predicted octanol–water partition coefficient (Wildman–Crippen LogP) is 1.93. The van der Waals surface area contributed by atoms with Crippen molar-refractivity contribution in [2.24, 2.45) is 11.1 Å². The highest BCUT2D eigenvalue weighted by atomic mass is 16.5. The molecule has 0 atom stereocenters. The molecule has 0 aliphatic carbocycles. The first-order chi connectivity index (χ1) is 7.57. The topological polar surface area (TPSA) is 55.5 Å². The van der Waals surface area contributed by atoms with Gasteiger partial charge < -0.3 is 15.6 Å². The highest BCUT2D eigenvalue weighted by Gasteiger charge is 2.15. The molecule has 0 spiro atoms. The van der Waals surface area contributed by atoms with E-state index in [-0.39, 0.29) is 12.0 Å². The first kappa shape index (κ1) is 13.0. The molecule has 0 saturated heterocycles. The molecule has 1 aromatic carbocycles. The van der Waals surface area contributed by atoms with Crippen LogP contribution in [0, 0.1) is 5.41 Å². The maximum Gasteiger partial charge on any atom is 0.119 e. The minimum Gasteiger partial charge on any atom is -0.494 e. The van der Waals surface area contributed by atoms with Crippen molar-refractivity contribution in [3.63, 3.8) is 0 Å². The lowest BCUT2D eigenvalue weighted by molar-refractivity contribution is 0.233. The van der Waals surface area contributed by atoms with Gasteiger partial charge in [-0.2, -0.15) is 0 Å². The van der Waals surface area contributed by atoms with E-state index in [1.165, 1.54) is 0 Å². The third kappa shape index (κ3) is 4.21. The monoisotopic (exact) mass is 223 g/mol. The molecule has 0 aliphatic rings. The fourth-order valence-electron chi connectivity index (χ4n) is 1.24. The molecule has 3 nitrogen and oxygen atoms in total. The summed E-state index contributed by atoms with van der Waals surface area (Å²) < 4.78 is 5.61. The molecule has 16 heavy (non-hydrogen) atoms. The smallest absolute Gasteiger partial charge is 0.119 e. The van der Waals surface area contributed by atoms with Gasteiger partial charge in [-0.15, -0.1) is 0 Å². The lowest BCUT2D eigenvalue weighted by atomic mass is 9.90. The Bertz CT molecular complexity index is 306. The van der Waals surface area contributed by atoms with Gasteiger partial charge in [0.15, 0.2) is 0 Å². The van der Waals surface area contributed by atoms with Crippen LogP contribution in [0.3, 0.4) is 0 Å². The van der Waals surface area contributed by atoms with Gasteiger partial charge in [0.05, 0.1) is 13.2 Å². The van der Waals surface area contributed by atoms with E-state index in [2.05, 4.69) is 13.8 Å². The van der Waals surface area contributed by atoms with Crippen LogP contribution in [0.4, 0.5) is 0 Å². The summed E-state index contributed by atoms with van der Waals surface area (Å²) >= 11 is 0. The molecule has 0 amide bonds. The second-order valence-electron chi connectivity index (χ2n) is 4.77. The number of hydrogen-bond acceptors (Lipinski definition) is 3. The lowest BCUT2D eigenvalue weighted by Gasteiger charge is -2.22. The van der Waals surface area contributed by atoms with Crippen molar-refractivity contribution in [1.29, 1.82) is 0 Å². The van der Waals surface area contributed by atoms with Gasteiger partial charge in [0.2, 0.25) is 0 Å². The Morgan fingerprint density at radius 3 is 2.38 bits per heavy atom. The number of aliphatic hydroxyl groups excluding tert-OH is 1. The molecule has 3 N–H and O–H groups in total. The van der Waals surface area contributed by atoms with Gasteiger partial charge in [-0.05, 0) is 36.1 Å². The van der Waals surface area contributed by atoms with E-state index in [0.717, 1.165) is 17.7 Å². The Balaban J connectivity index is 2.37. The fraction of sp³-hybridized carbons (Fsp3) is 0.538. The van der Waals surface area contributed by atoms with Crippen molar-refractivity contribution in [2.45, 2.75) is 26.9 Å².